The number of aliphatic hydroxyl groups excluding tert-OH is 2. The number of anilines is 2. The normalized spacial score (nSPS) is 31.3. The molecule has 2 aliphatic heterocycles. The van der Waals surface area contributed by atoms with E-state index in [-0.39, 0.29) is 25.4 Å². The summed E-state index contributed by atoms with van der Waals surface area (Å²) in [5.41, 5.74) is 9.77. The van der Waals surface area contributed by atoms with Crippen molar-refractivity contribution in [3.8, 4) is 0 Å². The molecular formula is C30H44N8O8. The number of hydrogen-bond acceptors (Lipinski definition) is 14. The first-order valence-corrected chi connectivity index (χ1v) is 15.1. The van der Waals surface area contributed by atoms with E-state index in [1.807, 2.05) is 27.7 Å². The number of aromatic nitrogens is 6. The summed E-state index contributed by atoms with van der Waals surface area (Å²) in [6.45, 7) is 11.1. The molecule has 6 rings (SSSR count). The standard InChI is InChI=1S/2C15H22N4O4/c2*1-8(2)22-6-10-11(20)15(3,21)14(23-10)19-5-4-9-12(16)17-7-18-13(9)19/h2*4-5,7-8,10-11,14,20-21H,6H2,1-3H3,(H2,16,17,18)/t2*10-,11-,14-,15-/m11/s1. The lowest BCUT2D eigenvalue weighted by atomic mass is 9.96. The number of aliphatic hydroxyl groups is 4. The minimum atomic E-state index is -1.49. The van der Waals surface area contributed by atoms with Crippen LogP contribution in [0.15, 0.2) is 37.2 Å². The van der Waals surface area contributed by atoms with E-state index in [1.54, 1.807) is 33.7 Å². The maximum absolute atomic E-state index is 10.7. The van der Waals surface area contributed by atoms with E-state index < -0.39 is 48.1 Å². The molecule has 0 amide bonds. The topological polar surface area (TPSA) is 231 Å². The average molecular weight is 645 g/mol. The van der Waals surface area contributed by atoms with Crippen LogP contribution in [0, 0.1) is 0 Å². The Labute approximate surface area is 265 Å². The van der Waals surface area contributed by atoms with E-state index in [0.29, 0.717) is 33.7 Å². The van der Waals surface area contributed by atoms with Gasteiger partial charge in [-0.2, -0.15) is 0 Å². The van der Waals surface area contributed by atoms with E-state index >= 15 is 0 Å². The molecule has 4 aromatic rings. The summed E-state index contributed by atoms with van der Waals surface area (Å²) in [7, 11) is 0. The molecule has 8 atom stereocenters. The summed E-state index contributed by atoms with van der Waals surface area (Å²) in [5, 5.41) is 43.6. The van der Waals surface area contributed by atoms with Crippen molar-refractivity contribution in [2.45, 2.75) is 102 Å². The second kappa shape index (κ2) is 13.0. The fourth-order valence-corrected chi connectivity index (χ4v) is 5.69. The quantitative estimate of drug-likeness (QED) is 0.156. The predicted octanol–water partition coefficient (Wildman–Crippen LogP) is 0.896. The molecule has 0 spiro atoms. The van der Waals surface area contributed by atoms with Gasteiger partial charge in [-0.15, -0.1) is 0 Å². The van der Waals surface area contributed by atoms with Crippen LogP contribution in [0.4, 0.5) is 11.6 Å². The molecule has 6 heterocycles. The molecule has 2 saturated heterocycles. The van der Waals surface area contributed by atoms with Gasteiger partial charge in [0.15, 0.2) is 12.5 Å². The van der Waals surface area contributed by atoms with Gasteiger partial charge in [0.05, 0.1) is 36.2 Å². The van der Waals surface area contributed by atoms with Crippen LogP contribution in [0.2, 0.25) is 0 Å². The van der Waals surface area contributed by atoms with Crippen LogP contribution in [0.25, 0.3) is 22.1 Å². The van der Waals surface area contributed by atoms with Gasteiger partial charge in [0.2, 0.25) is 0 Å². The number of rotatable bonds is 8. The third-order valence-corrected chi connectivity index (χ3v) is 8.28. The van der Waals surface area contributed by atoms with Gasteiger partial charge >= 0.3 is 0 Å². The maximum Gasteiger partial charge on any atom is 0.167 e. The number of nitrogen functional groups attached to an aromatic ring is 2. The molecule has 8 N–H and O–H groups in total. The van der Waals surface area contributed by atoms with Crippen molar-refractivity contribution in [3.63, 3.8) is 0 Å². The Hall–Kier alpha value is -3.48. The first kappa shape index (κ1) is 33.9. The van der Waals surface area contributed by atoms with Crippen molar-refractivity contribution in [2.75, 3.05) is 24.7 Å². The average Bonchev–Trinajstić information content (AvgIpc) is 3.72. The third-order valence-electron chi connectivity index (χ3n) is 8.28. The minimum absolute atomic E-state index is 0.00902. The zero-order chi connectivity index (χ0) is 33.6. The van der Waals surface area contributed by atoms with Gasteiger partial charge in [0, 0.05) is 12.4 Å². The fourth-order valence-electron chi connectivity index (χ4n) is 5.69. The van der Waals surface area contributed by atoms with Gasteiger partial charge in [0.25, 0.3) is 0 Å². The molecule has 46 heavy (non-hydrogen) atoms. The lowest BCUT2D eigenvalue weighted by Gasteiger charge is -2.27. The monoisotopic (exact) mass is 644 g/mol. The molecule has 0 bridgehead atoms. The number of fused-ring (bicyclic) bond motifs is 2. The summed E-state index contributed by atoms with van der Waals surface area (Å²) >= 11 is 0. The highest BCUT2D eigenvalue weighted by Gasteiger charge is 2.54. The van der Waals surface area contributed by atoms with Crippen LogP contribution in [0.1, 0.15) is 54.0 Å². The Kier molecular flexibility index (Phi) is 9.54. The largest absolute Gasteiger partial charge is 0.387 e. The summed E-state index contributed by atoms with van der Waals surface area (Å²) in [5.74, 6) is 0.707. The number of ether oxygens (including phenoxy) is 4. The van der Waals surface area contributed by atoms with Crippen LogP contribution in [0.3, 0.4) is 0 Å². The molecule has 0 aliphatic carbocycles. The molecule has 16 heteroatoms. The van der Waals surface area contributed by atoms with Gasteiger partial charge in [-0.25, -0.2) is 19.9 Å². The van der Waals surface area contributed by atoms with Crippen molar-refractivity contribution in [1.29, 1.82) is 0 Å². The van der Waals surface area contributed by atoms with Crippen LogP contribution in [-0.2, 0) is 18.9 Å². The van der Waals surface area contributed by atoms with Crippen LogP contribution < -0.4 is 11.5 Å². The van der Waals surface area contributed by atoms with Gasteiger partial charge in [-0.05, 0) is 53.7 Å². The second-order valence-electron chi connectivity index (χ2n) is 12.6. The van der Waals surface area contributed by atoms with Gasteiger partial charge in [-0.3, -0.25) is 0 Å². The van der Waals surface area contributed by atoms with E-state index in [9.17, 15) is 20.4 Å². The summed E-state index contributed by atoms with van der Waals surface area (Å²) < 4.78 is 26.1. The highest BCUT2D eigenvalue weighted by molar-refractivity contribution is 5.86. The zero-order valence-electron chi connectivity index (χ0n) is 26.8. The fraction of sp³-hybridized carbons (Fsp3) is 0.600. The minimum Gasteiger partial charge on any atom is -0.387 e. The Morgan fingerprint density at radius 1 is 0.739 bits per heavy atom. The van der Waals surface area contributed by atoms with Crippen LogP contribution >= 0.6 is 0 Å². The molecule has 4 aromatic heterocycles. The molecule has 2 aliphatic rings. The first-order valence-electron chi connectivity index (χ1n) is 15.1. The maximum atomic E-state index is 10.7. The Balaban J connectivity index is 0.000000181. The van der Waals surface area contributed by atoms with Crippen molar-refractivity contribution >= 4 is 33.7 Å². The SMILES string of the molecule is CC(C)OC[C@H]1O[C@@H](n2ccc3c(N)ncnc32)[C@](C)(O)[C@@H]1O.CC(C)OC[C@H]1O[C@@H](n2ccc3c(N)ncnc32)[C@](C)(O)[C@@H]1O. The lowest BCUT2D eigenvalue weighted by molar-refractivity contribution is -0.0975. The molecular weight excluding hydrogens is 600 g/mol. The Bertz CT molecular complexity index is 1520. The molecule has 2 fully saturated rings. The Morgan fingerprint density at radius 3 is 1.46 bits per heavy atom. The number of hydrogen-bond donors (Lipinski definition) is 6. The third kappa shape index (κ3) is 6.26. The van der Waals surface area contributed by atoms with E-state index in [4.69, 9.17) is 30.4 Å². The van der Waals surface area contributed by atoms with E-state index in [1.165, 1.54) is 26.5 Å². The number of nitrogens with zero attached hydrogens (tertiary/aromatic N) is 6. The summed E-state index contributed by atoms with van der Waals surface area (Å²) in [6.07, 6.45) is 1.13. The van der Waals surface area contributed by atoms with Crippen molar-refractivity contribution in [3.05, 3.63) is 37.2 Å². The van der Waals surface area contributed by atoms with Gasteiger partial charge < -0.3 is 60.0 Å². The van der Waals surface area contributed by atoms with Crippen LogP contribution in [-0.4, -0.2) is 111 Å². The van der Waals surface area contributed by atoms with E-state index in [2.05, 4.69) is 19.9 Å². The smallest absolute Gasteiger partial charge is 0.167 e. The van der Waals surface area contributed by atoms with Crippen molar-refractivity contribution < 1.29 is 39.4 Å². The highest BCUT2D eigenvalue weighted by Crippen LogP contribution is 2.41. The lowest BCUT2D eigenvalue weighted by Crippen LogP contribution is -2.44. The predicted molar refractivity (Wildman–Crippen MR) is 167 cm³/mol. The highest BCUT2D eigenvalue weighted by atomic mass is 16.6. The summed E-state index contributed by atoms with van der Waals surface area (Å²) in [4.78, 5) is 16.3. The number of nitrogens with two attached hydrogens (primary N) is 2. The molecule has 0 saturated carbocycles. The van der Waals surface area contributed by atoms with Gasteiger partial charge in [0.1, 0.15) is 71.2 Å². The molecule has 0 radical (unpaired) electrons. The molecule has 16 nitrogen and oxygen atoms in total. The van der Waals surface area contributed by atoms with Gasteiger partial charge in [-0.1, -0.05) is 0 Å². The molecule has 0 unspecified atom stereocenters. The molecule has 0 aromatic carbocycles. The molecule has 252 valence electrons. The first-order chi connectivity index (χ1) is 21.6. The van der Waals surface area contributed by atoms with Crippen molar-refractivity contribution in [1.82, 2.24) is 29.1 Å². The van der Waals surface area contributed by atoms with Crippen molar-refractivity contribution in [2.24, 2.45) is 0 Å². The second-order valence-corrected chi connectivity index (χ2v) is 12.6. The van der Waals surface area contributed by atoms with Crippen LogP contribution in [0.5, 0.6) is 0 Å². The zero-order valence-corrected chi connectivity index (χ0v) is 26.8. The van der Waals surface area contributed by atoms with E-state index in [0.717, 1.165) is 0 Å². The summed E-state index contributed by atoms with van der Waals surface area (Å²) in [6, 6.07) is 3.52. The Morgan fingerprint density at radius 2 is 1.11 bits per heavy atom.